The van der Waals surface area contributed by atoms with Gasteiger partial charge in [-0.25, -0.2) is 9.18 Å². The minimum Gasteiger partial charge on any atom is -0.478 e. The van der Waals surface area contributed by atoms with Crippen LogP contribution in [0.4, 0.5) is 4.39 Å². The van der Waals surface area contributed by atoms with E-state index in [9.17, 15) is 9.18 Å². The molecule has 0 amide bonds. The van der Waals surface area contributed by atoms with Gasteiger partial charge in [-0.2, -0.15) is 0 Å². The summed E-state index contributed by atoms with van der Waals surface area (Å²) in [6.45, 7) is 5.79. The Kier molecular flexibility index (Phi) is 6.45. The van der Waals surface area contributed by atoms with Crippen LogP contribution in [0.3, 0.4) is 0 Å². The van der Waals surface area contributed by atoms with Crippen molar-refractivity contribution >= 4 is 5.97 Å². The lowest BCUT2D eigenvalue weighted by Gasteiger charge is -2.21. The zero-order valence-corrected chi connectivity index (χ0v) is 12.4. The molecule has 1 aromatic rings. The molecule has 5 heteroatoms. The van der Waals surface area contributed by atoms with Crippen LogP contribution in [0.25, 0.3) is 0 Å². The van der Waals surface area contributed by atoms with Crippen LogP contribution >= 0.6 is 0 Å². The van der Waals surface area contributed by atoms with Crippen LogP contribution < -0.4 is 10.1 Å². The largest absolute Gasteiger partial charge is 0.478 e. The van der Waals surface area contributed by atoms with Gasteiger partial charge in [0.2, 0.25) is 0 Å². The Balaban J connectivity index is 2.97. The second-order valence-corrected chi connectivity index (χ2v) is 4.46. The molecule has 0 aliphatic heterocycles. The summed E-state index contributed by atoms with van der Waals surface area (Å²) in [5.41, 5.74) is 0.676. The first-order valence-corrected chi connectivity index (χ1v) is 6.83. The molecule has 0 fully saturated rings. The van der Waals surface area contributed by atoms with Gasteiger partial charge >= 0.3 is 5.97 Å². The lowest BCUT2D eigenvalue weighted by Crippen LogP contribution is -2.29. The highest BCUT2D eigenvalue weighted by Crippen LogP contribution is 2.27. The summed E-state index contributed by atoms with van der Waals surface area (Å²) in [4.78, 5) is 11.8. The molecule has 1 aromatic carbocycles. The van der Waals surface area contributed by atoms with E-state index in [1.807, 2.05) is 13.8 Å². The predicted octanol–water partition coefficient (Wildman–Crippen LogP) is 2.83. The fourth-order valence-corrected chi connectivity index (χ4v) is 1.81. The van der Waals surface area contributed by atoms with E-state index in [4.69, 9.17) is 9.47 Å². The maximum absolute atomic E-state index is 13.4. The summed E-state index contributed by atoms with van der Waals surface area (Å²) in [5, 5.41) is 3.03. The molecular formula is C15H22FNO3. The van der Waals surface area contributed by atoms with Crippen molar-refractivity contribution in [2.75, 3.05) is 13.7 Å². The SMILES string of the molecule is CCOC(=O)C(CC)Oc1ccc(F)cc1C(C)NC. The molecular weight excluding hydrogens is 261 g/mol. The highest BCUT2D eigenvalue weighted by molar-refractivity contribution is 5.75. The molecule has 4 nitrogen and oxygen atoms in total. The van der Waals surface area contributed by atoms with Gasteiger partial charge in [-0.15, -0.1) is 0 Å². The van der Waals surface area contributed by atoms with Crippen LogP contribution in [-0.2, 0) is 9.53 Å². The fraction of sp³-hybridized carbons (Fsp3) is 0.533. The third-order valence-electron chi connectivity index (χ3n) is 3.06. The van der Waals surface area contributed by atoms with Crippen molar-refractivity contribution in [1.29, 1.82) is 0 Å². The Bertz CT molecular complexity index is 451. The first kappa shape index (κ1) is 16.4. The third kappa shape index (κ3) is 4.20. The van der Waals surface area contributed by atoms with Crippen LogP contribution in [0.15, 0.2) is 18.2 Å². The summed E-state index contributed by atoms with van der Waals surface area (Å²) < 4.78 is 24.0. The van der Waals surface area contributed by atoms with Crippen LogP contribution in [0.2, 0.25) is 0 Å². The Morgan fingerprint density at radius 2 is 2.10 bits per heavy atom. The predicted molar refractivity (Wildman–Crippen MR) is 75.2 cm³/mol. The molecule has 0 bridgehead atoms. The minimum atomic E-state index is -0.678. The topological polar surface area (TPSA) is 47.6 Å². The van der Waals surface area contributed by atoms with E-state index in [1.165, 1.54) is 12.1 Å². The lowest BCUT2D eigenvalue weighted by molar-refractivity contribution is -0.151. The fourth-order valence-electron chi connectivity index (χ4n) is 1.81. The van der Waals surface area contributed by atoms with E-state index in [0.29, 0.717) is 24.3 Å². The number of hydrogen-bond acceptors (Lipinski definition) is 4. The van der Waals surface area contributed by atoms with Crippen molar-refractivity contribution in [2.45, 2.75) is 39.3 Å². The average Bonchev–Trinajstić information content (AvgIpc) is 2.45. The summed E-state index contributed by atoms with van der Waals surface area (Å²) >= 11 is 0. The van der Waals surface area contributed by atoms with Crippen molar-refractivity contribution in [3.05, 3.63) is 29.6 Å². The summed E-state index contributed by atoms with van der Waals surface area (Å²) in [5.74, 6) is -0.242. The molecule has 112 valence electrons. The van der Waals surface area contributed by atoms with Crippen LogP contribution in [0.5, 0.6) is 5.75 Å². The molecule has 0 saturated heterocycles. The molecule has 0 aliphatic rings. The van der Waals surface area contributed by atoms with Crippen molar-refractivity contribution < 1.29 is 18.7 Å². The second-order valence-electron chi connectivity index (χ2n) is 4.46. The Hall–Kier alpha value is -1.62. The van der Waals surface area contributed by atoms with Gasteiger partial charge in [0.25, 0.3) is 0 Å². The number of hydrogen-bond donors (Lipinski definition) is 1. The molecule has 0 aliphatic carbocycles. The number of nitrogens with one attached hydrogen (secondary N) is 1. The first-order valence-electron chi connectivity index (χ1n) is 6.83. The van der Waals surface area contributed by atoms with Gasteiger partial charge in [-0.3, -0.25) is 0 Å². The second kappa shape index (κ2) is 7.85. The van der Waals surface area contributed by atoms with E-state index in [2.05, 4.69) is 5.32 Å². The number of carbonyl (C=O) groups excluding carboxylic acids is 1. The quantitative estimate of drug-likeness (QED) is 0.782. The van der Waals surface area contributed by atoms with E-state index >= 15 is 0 Å². The maximum Gasteiger partial charge on any atom is 0.347 e. The maximum atomic E-state index is 13.4. The standard InChI is InChI=1S/C15H22FNO3/c1-5-13(15(18)19-6-2)20-14-8-7-11(16)9-12(14)10(3)17-4/h7-10,13,17H,5-6H2,1-4H3. The van der Waals surface area contributed by atoms with Gasteiger partial charge in [0.05, 0.1) is 6.61 Å². The summed E-state index contributed by atoms with van der Waals surface area (Å²) in [6.07, 6.45) is -0.188. The smallest absolute Gasteiger partial charge is 0.347 e. The number of ether oxygens (including phenoxy) is 2. The van der Waals surface area contributed by atoms with Crippen molar-refractivity contribution in [3.8, 4) is 5.75 Å². The Morgan fingerprint density at radius 1 is 1.40 bits per heavy atom. The van der Waals surface area contributed by atoms with Crippen molar-refractivity contribution in [3.63, 3.8) is 0 Å². The highest BCUT2D eigenvalue weighted by atomic mass is 19.1. The molecule has 20 heavy (non-hydrogen) atoms. The van der Waals surface area contributed by atoms with Gasteiger partial charge < -0.3 is 14.8 Å². The third-order valence-corrected chi connectivity index (χ3v) is 3.06. The monoisotopic (exact) mass is 283 g/mol. The first-order chi connectivity index (χ1) is 9.53. The summed E-state index contributed by atoms with van der Waals surface area (Å²) in [7, 11) is 1.78. The van der Waals surface area contributed by atoms with Gasteiger partial charge in [0.1, 0.15) is 11.6 Å². The molecule has 0 heterocycles. The zero-order valence-electron chi connectivity index (χ0n) is 12.4. The highest BCUT2D eigenvalue weighted by Gasteiger charge is 2.22. The molecule has 1 N–H and O–H groups in total. The van der Waals surface area contributed by atoms with E-state index in [-0.39, 0.29) is 11.9 Å². The Morgan fingerprint density at radius 3 is 2.65 bits per heavy atom. The molecule has 0 spiro atoms. The van der Waals surface area contributed by atoms with Gasteiger partial charge in [0.15, 0.2) is 6.10 Å². The molecule has 0 aromatic heterocycles. The van der Waals surface area contributed by atoms with Gasteiger partial charge in [0, 0.05) is 11.6 Å². The van der Waals surface area contributed by atoms with Crippen LogP contribution in [-0.4, -0.2) is 25.7 Å². The zero-order chi connectivity index (χ0) is 15.1. The number of halogens is 1. The molecule has 1 rings (SSSR count). The van der Waals surface area contributed by atoms with Gasteiger partial charge in [-0.1, -0.05) is 6.92 Å². The number of benzene rings is 1. The Labute approximate surface area is 119 Å². The average molecular weight is 283 g/mol. The van der Waals surface area contributed by atoms with Crippen LogP contribution in [0.1, 0.15) is 38.8 Å². The molecule has 0 radical (unpaired) electrons. The van der Waals surface area contributed by atoms with Crippen LogP contribution in [0, 0.1) is 5.82 Å². The minimum absolute atomic E-state index is 0.0830. The number of carbonyl (C=O) groups is 1. The lowest BCUT2D eigenvalue weighted by atomic mass is 10.1. The molecule has 0 saturated carbocycles. The van der Waals surface area contributed by atoms with Gasteiger partial charge in [-0.05, 0) is 45.5 Å². The normalized spacial score (nSPS) is 13.7. The molecule has 2 unspecified atom stereocenters. The van der Waals surface area contributed by atoms with E-state index in [1.54, 1.807) is 20.0 Å². The summed E-state index contributed by atoms with van der Waals surface area (Å²) in [6, 6.07) is 4.19. The van der Waals surface area contributed by atoms with Crippen molar-refractivity contribution in [1.82, 2.24) is 5.32 Å². The van der Waals surface area contributed by atoms with E-state index in [0.717, 1.165) is 0 Å². The van der Waals surface area contributed by atoms with E-state index < -0.39 is 12.1 Å². The molecule has 2 atom stereocenters. The van der Waals surface area contributed by atoms with Crippen molar-refractivity contribution in [2.24, 2.45) is 0 Å². The number of rotatable bonds is 7. The number of esters is 1.